The van der Waals surface area contributed by atoms with E-state index < -0.39 is 5.54 Å². The maximum atomic E-state index is 10.9. The van der Waals surface area contributed by atoms with Crippen molar-refractivity contribution >= 4 is 17.7 Å². The summed E-state index contributed by atoms with van der Waals surface area (Å²) in [6, 6.07) is 14.1. The third kappa shape index (κ3) is 3.23. The molecule has 0 N–H and O–H groups in total. The van der Waals surface area contributed by atoms with E-state index in [9.17, 15) is 4.79 Å². The second-order valence-corrected chi connectivity index (χ2v) is 6.06. The van der Waals surface area contributed by atoms with E-state index in [1.165, 1.54) is 0 Å². The van der Waals surface area contributed by atoms with Crippen molar-refractivity contribution in [1.82, 2.24) is 0 Å². The zero-order chi connectivity index (χ0) is 17.0. The van der Waals surface area contributed by atoms with Crippen molar-refractivity contribution < 1.29 is 4.79 Å². The van der Waals surface area contributed by atoms with Crippen molar-refractivity contribution in [3.05, 3.63) is 72.3 Å². The first-order valence-electron chi connectivity index (χ1n) is 7.52. The Morgan fingerprint density at radius 3 is 2.48 bits per heavy atom. The quantitative estimate of drug-likeness (QED) is 0.522. The third-order valence-corrected chi connectivity index (χ3v) is 3.96. The Labute approximate surface area is 137 Å². The van der Waals surface area contributed by atoms with Gasteiger partial charge in [-0.25, -0.2) is 4.79 Å². The van der Waals surface area contributed by atoms with Gasteiger partial charge in [0, 0.05) is 0 Å². The van der Waals surface area contributed by atoms with Gasteiger partial charge < -0.3 is 0 Å². The maximum absolute atomic E-state index is 10.9. The number of isocyanates is 1. The smallest absolute Gasteiger partial charge is 0.211 e. The van der Waals surface area contributed by atoms with Gasteiger partial charge in [0.1, 0.15) is 0 Å². The molecule has 2 nitrogen and oxygen atoms in total. The zero-order valence-electron chi connectivity index (χ0n) is 13.9. The molecule has 23 heavy (non-hydrogen) atoms. The SMILES string of the molecule is C=Cc1ccccc1-c1c(C(=C)C)cccc1C(C)(C)N=C=O. The predicted molar refractivity (Wildman–Crippen MR) is 97.8 cm³/mol. The van der Waals surface area contributed by atoms with Crippen LogP contribution in [-0.4, -0.2) is 6.08 Å². The van der Waals surface area contributed by atoms with Crippen molar-refractivity contribution in [2.75, 3.05) is 0 Å². The predicted octanol–water partition coefficient (Wildman–Crippen LogP) is 5.60. The summed E-state index contributed by atoms with van der Waals surface area (Å²) in [4.78, 5) is 14.9. The minimum atomic E-state index is -0.670. The average molecular weight is 303 g/mol. The third-order valence-electron chi connectivity index (χ3n) is 3.96. The largest absolute Gasteiger partial charge is 0.235 e. The van der Waals surface area contributed by atoms with E-state index in [1.807, 2.05) is 63.2 Å². The van der Waals surface area contributed by atoms with Gasteiger partial charge in [-0.15, -0.1) is 0 Å². The van der Waals surface area contributed by atoms with E-state index in [0.29, 0.717) is 0 Å². The number of allylic oxidation sites excluding steroid dienone is 1. The second kappa shape index (κ2) is 6.60. The molecule has 0 aliphatic rings. The average Bonchev–Trinajstić information content (AvgIpc) is 2.54. The number of nitrogens with zero attached hydrogens (tertiary/aromatic N) is 1. The molecule has 2 aromatic rings. The normalized spacial score (nSPS) is 10.7. The lowest BCUT2D eigenvalue weighted by Crippen LogP contribution is -2.16. The summed E-state index contributed by atoms with van der Waals surface area (Å²) >= 11 is 0. The molecule has 0 amide bonds. The Balaban J connectivity index is 2.91. The van der Waals surface area contributed by atoms with Crippen molar-refractivity contribution in [3.63, 3.8) is 0 Å². The fourth-order valence-electron chi connectivity index (χ4n) is 2.78. The molecular formula is C21H21NO. The molecule has 0 atom stereocenters. The lowest BCUT2D eigenvalue weighted by atomic mass is 9.82. The van der Waals surface area contributed by atoms with E-state index in [4.69, 9.17) is 0 Å². The Bertz CT molecular complexity index is 808. The molecule has 2 aromatic carbocycles. The van der Waals surface area contributed by atoms with E-state index in [-0.39, 0.29) is 0 Å². The second-order valence-electron chi connectivity index (χ2n) is 6.06. The van der Waals surface area contributed by atoms with Crippen LogP contribution in [0.3, 0.4) is 0 Å². The molecule has 0 saturated heterocycles. The highest BCUT2D eigenvalue weighted by molar-refractivity contribution is 5.87. The first-order valence-corrected chi connectivity index (χ1v) is 7.52. The van der Waals surface area contributed by atoms with Gasteiger partial charge in [0.2, 0.25) is 6.08 Å². The Morgan fingerprint density at radius 2 is 1.87 bits per heavy atom. The molecule has 116 valence electrons. The topological polar surface area (TPSA) is 29.4 Å². The molecule has 2 rings (SSSR count). The van der Waals surface area contributed by atoms with E-state index >= 15 is 0 Å². The fraction of sp³-hybridized carbons (Fsp3) is 0.190. The summed E-state index contributed by atoms with van der Waals surface area (Å²) in [5.74, 6) is 0. The minimum Gasteiger partial charge on any atom is -0.211 e. The zero-order valence-corrected chi connectivity index (χ0v) is 13.9. The Hall–Kier alpha value is -2.70. The molecule has 0 radical (unpaired) electrons. The summed E-state index contributed by atoms with van der Waals surface area (Å²) < 4.78 is 0. The molecule has 2 heteroatoms. The molecular weight excluding hydrogens is 282 g/mol. The van der Waals surface area contributed by atoms with Crippen LogP contribution in [0.4, 0.5) is 0 Å². The van der Waals surface area contributed by atoms with Crippen molar-refractivity contribution in [3.8, 4) is 11.1 Å². The molecule has 0 aromatic heterocycles. The van der Waals surface area contributed by atoms with Crippen LogP contribution in [0.2, 0.25) is 0 Å². The van der Waals surface area contributed by atoms with Crippen LogP contribution in [0.1, 0.15) is 37.5 Å². The van der Waals surface area contributed by atoms with Crippen molar-refractivity contribution in [2.24, 2.45) is 4.99 Å². The van der Waals surface area contributed by atoms with Crippen LogP contribution in [-0.2, 0) is 10.3 Å². The lowest BCUT2D eigenvalue weighted by Gasteiger charge is -2.25. The summed E-state index contributed by atoms with van der Waals surface area (Å²) in [7, 11) is 0. The molecule has 0 aliphatic carbocycles. The number of rotatable bonds is 5. The van der Waals surface area contributed by atoms with Crippen LogP contribution in [0.25, 0.3) is 22.8 Å². The maximum Gasteiger partial charge on any atom is 0.235 e. The Kier molecular flexibility index (Phi) is 4.78. The van der Waals surface area contributed by atoms with Gasteiger partial charge in [0.15, 0.2) is 0 Å². The van der Waals surface area contributed by atoms with Gasteiger partial charge in [-0.2, -0.15) is 4.99 Å². The number of aliphatic imine (C=N–C) groups is 1. The van der Waals surface area contributed by atoms with Gasteiger partial charge in [0.05, 0.1) is 5.54 Å². The Morgan fingerprint density at radius 1 is 1.17 bits per heavy atom. The first kappa shape index (κ1) is 16.7. The molecule has 0 aliphatic heterocycles. The summed E-state index contributed by atoms with van der Waals surface area (Å²) in [6.07, 6.45) is 3.53. The van der Waals surface area contributed by atoms with Crippen LogP contribution >= 0.6 is 0 Å². The molecule has 0 unspecified atom stereocenters. The van der Waals surface area contributed by atoms with Gasteiger partial charge in [-0.1, -0.05) is 67.3 Å². The minimum absolute atomic E-state index is 0.670. The molecule has 0 saturated carbocycles. The van der Waals surface area contributed by atoms with Gasteiger partial charge in [-0.3, -0.25) is 0 Å². The number of hydrogen-bond donors (Lipinski definition) is 0. The molecule has 0 spiro atoms. The van der Waals surface area contributed by atoms with E-state index in [1.54, 1.807) is 6.08 Å². The van der Waals surface area contributed by atoms with Gasteiger partial charge in [0.25, 0.3) is 0 Å². The number of hydrogen-bond acceptors (Lipinski definition) is 2. The highest BCUT2D eigenvalue weighted by Gasteiger charge is 2.26. The van der Waals surface area contributed by atoms with Crippen LogP contribution in [0, 0.1) is 0 Å². The lowest BCUT2D eigenvalue weighted by molar-refractivity contribution is 0.523. The summed E-state index contributed by atoms with van der Waals surface area (Å²) in [5.41, 5.74) is 5.45. The van der Waals surface area contributed by atoms with Crippen LogP contribution in [0.15, 0.2) is 60.6 Å². The molecule has 0 heterocycles. The van der Waals surface area contributed by atoms with E-state index in [2.05, 4.69) is 24.2 Å². The van der Waals surface area contributed by atoms with Crippen LogP contribution < -0.4 is 0 Å². The van der Waals surface area contributed by atoms with Gasteiger partial charge in [-0.05, 0) is 48.6 Å². The van der Waals surface area contributed by atoms with Crippen LogP contribution in [0.5, 0.6) is 0 Å². The summed E-state index contributed by atoms with van der Waals surface area (Å²) in [6.45, 7) is 13.8. The first-order chi connectivity index (χ1) is 10.9. The van der Waals surface area contributed by atoms with E-state index in [0.717, 1.165) is 33.4 Å². The summed E-state index contributed by atoms with van der Waals surface area (Å²) in [5, 5.41) is 0. The van der Waals surface area contributed by atoms with Crippen molar-refractivity contribution in [2.45, 2.75) is 26.3 Å². The number of carbonyl (C=O) groups excluding carboxylic acids is 1. The fourth-order valence-corrected chi connectivity index (χ4v) is 2.78. The molecule has 0 bridgehead atoms. The standard InChI is InChI=1S/C21H21NO/c1-6-16-10-7-8-11-18(16)20-17(15(2)3)12-9-13-19(20)21(4,5)22-14-23/h6-13H,1-2H2,3-5H3. The van der Waals surface area contributed by atoms with Crippen molar-refractivity contribution in [1.29, 1.82) is 0 Å². The highest BCUT2D eigenvalue weighted by Crippen LogP contribution is 2.40. The van der Waals surface area contributed by atoms with Gasteiger partial charge >= 0.3 is 0 Å². The monoisotopic (exact) mass is 303 g/mol. The highest BCUT2D eigenvalue weighted by atomic mass is 16.1. The number of benzene rings is 2. The molecule has 0 fully saturated rings.